The monoisotopic (exact) mass is 337 g/mol. The maximum atomic E-state index is 4.35. The van der Waals surface area contributed by atoms with Gasteiger partial charge in [-0.05, 0) is 61.4 Å². The van der Waals surface area contributed by atoms with Crippen LogP contribution in [-0.2, 0) is 6.54 Å². The quantitative estimate of drug-likeness (QED) is 0.819. The molecule has 1 saturated heterocycles. The Labute approximate surface area is 127 Å². The van der Waals surface area contributed by atoms with Gasteiger partial charge >= 0.3 is 0 Å². The lowest BCUT2D eigenvalue weighted by Gasteiger charge is -2.14. The molecule has 0 radical (unpaired) electrons. The van der Waals surface area contributed by atoms with E-state index in [1.807, 2.05) is 12.4 Å². The summed E-state index contributed by atoms with van der Waals surface area (Å²) in [4.78, 5) is 11.1. The second kappa shape index (κ2) is 6.65. The number of likely N-dealkylation sites (tertiary alicyclic amines) is 1. The van der Waals surface area contributed by atoms with Crippen LogP contribution in [0.1, 0.15) is 25.0 Å². The van der Waals surface area contributed by atoms with Gasteiger partial charge in [0, 0.05) is 12.7 Å². The van der Waals surface area contributed by atoms with Gasteiger partial charge in [0.25, 0.3) is 0 Å². The molecule has 0 unspecified atom stereocenters. The molecule has 2 aromatic heterocycles. The first kappa shape index (κ1) is 14.0. The van der Waals surface area contributed by atoms with E-state index >= 15 is 0 Å². The van der Waals surface area contributed by atoms with Crippen molar-refractivity contribution in [1.29, 1.82) is 0 Å². The third-order valence-corrected chi connectivity index (χ3v) is 4.18. The Morgan fingerprint density at radius 3 is 2.90 bits per heavy atom. The fraction of sp³-hybridized carbons (Fsp3) is 0.571. The van der Waals surface area contributed by atoms with Crippen molar-refractivity contribution >= 4 is 21.6 Å². The van der Waals surface area contributed by atoms with Gasteiger partial charge in [-0.15, -0.1) is 0 Å². The van der Waals surface area contributed by atoms with Gasteiger partial charge in [0.05, 0.1) is 18.1 Å². The van der Waals surface area contributed by atoms with E-state index < -0.39 is 0 Å². The Hall–Kier alpha value is -0.980. The summed E-state index contributed by atoms with van der Waals surface area (Å²) in [7, 11) is 0. The van der Waals surface area contributed by atoms with Crippen LogP contribution in [0.15, 0.2) is 23.2 Å². The molecule has 2 aromatic rings. The van der Waals surface area contributed by atoms with Crippen molar-refractivity contribution in [1.82, 2.24) is 24.6 Å². The lowest BCUT2D eigenvalue weighted by molar-refractivity contribution is 0.331. The summed E-state index contributed by atoms with van der Waals surface area (Å²) in [5, 5.41) is 3.50. The van der Waals surface area contributed by atoms with Crippen LogP contribution >= 0.6 is 15.9 Å². The highest BCUT2D eigenvalue weighted by Crippen LogP contribution is 2.10. The first-order valence-electron chi connectivity index (χ1n) is 7.23. The third-order valence-electron chi connectivity index (χ3n) is 3.77. The van der Waals surface area contributed by atoms with E-state index in [1.54, 1.807) is 6.20 Å². The molecule has 1 N–H and O–H groups in total. The minimum absolute atomic E-state index is 0.832. The fourth-order valence-electron chi connectivity index (χ4n) is 2.70. The van der Waals surface area contributed by atoms with Gasteiger partial charge in [0.15, 0.2) is 5.65 Å². The average Bonchev–Trinajstić information content (AvgIpc) is 3.08. The molecule has 6 heteroatoms. The number of aromatic nitrogens is 3. The van der Waals surface area contributed by atoms with Crippen LogP contribution in [0, 0.1) is 0 Å². The Bertz CT molecular complexity index is 562. The lowest BCUT2D eigenvalue weighted by atomic mass is 10.3. The molecule has 5 nitrogen and oxygen atoms in total. The van der Waals surface area contributed by atoms with Gasteiger partial charge < -0.3 is 10.2 Å². The van der Waals surface area contributed by atoms with Crippen molar-refractivity contribution < 1.29 is 0 Å². The summed E-state index contributed by atoms with van der Waals surface area (Å²) in [6.07, 6.45) is 9.61. The highest BCUT2D eigenvalue weighted by Gasteiger charge is 2.10. The largest absolute Gasteiger partial charge is 0.311 e. The van der Waals surface area contributed by atoms with E-state index in [1.165, 1.54) is 44.6 Å². The maximum absolute atomic E-state index is 4.35. The number of rotatable bonds is 6. The molecule has 3 heterocycles. The van der Waals surface area contributed by atoms with Crippen LogP contribution in [-0.4, -0.2) is 45.4 Å². The number of hydrogen-bond donors (Lipinski definition) is 1. The minimum Gasteiger partial charge on any atom is -0.311 e. The summed E-state index contributed by atoms with van der Waals surface area (Å²) >= 11 is 3.40. The van der Waals surface area contributed by atoms with Gasteiger partial charge in [-0.3, -0.25) is 4.40 Å². The van der Waals surface area contributed by atoms with Gasteiger partial charge in [-0.1, -0.05) is 0 Å². The Balaban J connectivity index is 1.46. The molecule has 3 rings (SSSR count). The minimum atomic E-state index is 0.832. The second-order valence-electron chi connectivity index (χ2n) is 5.27. The molecule has 0 bridgehead atoms. The molecule has 1 aliphatic rings. The molecule has 0 saturated carbocycles. The predicted molar refractivity (Wildman–Crippen MR) is 82.7 cm³/mol. The second-order valence-corrected chi connectivity index (χ2v) is 6.08. The molecule has 1 fully saturated rings. The van der Waals surface area contributed by atoms with Crippen LogP contribution in [0.2, 0.25) is 0 Å². The maximum Gasteiger partial charge on any atom is 0.155 e. The summed E-state index contributed by atoms with van der Waals surface area (Å²) < 4.78 is 2.91. The molecule has 20 heavy (non-hydrogen) atoms. The highest BCUT2D eigenvalue weighted by atomic mass is 79.9. The number of imidazole rings is 1. The van der Waals surface area contributed by atoms with Crippen molar-refractivity contribution in [3.05, 3.63) is 28.9 Å². The van der Waals surface area contributed by atoms with Gasteiger partial charge in [-0.25, -0.2) is 9.97 Å². The summed E-state index contributed by atoms with van der Waals surface area (Å²) in [5.74, 6) is 0. The van der Waals surface area contributed by atoms with Crippen LogP contribution in [0.3, 0.4) is 0 Å². The molecule has 1 aliphatic heterocycles. The fourth-order valence-corrected chi connectivity index (χ4v) is 3.00. The average molecular weight is 338 g/mol. The van der Waals surface area contributed by atoms with Gasteiger partial charge in [-0.2, -0.15) is 0 Å². The Morgan fingerprint density at radius 2 is 2.05 bits per heavy atom. The van der Waals surface area contributed by atoms with Crippen LogP contribution in [0.5, 0.6) is 0 Å². The number of hydrogen-bond acceptors (Lipinski definition) is 4. The first-order chi connectivity index (χ1) is 9.83. The summed E-state index contributed by atoms with van der Waals surface area (Å²) in [5.41, 5.74) is 2.06. The van der Waals surface area contributed by atoms with E-state index in [-0.39, 0.29) is 0 Å². The summed E-state index contributed by atoms with van der Waals surface area (Å²) in [6.45, 7) is 5.69. The normalized spacial score (nSPS) is 16.2. The van der Waals surface area contributed by atoms with E-state index in [0.717, 1.165) is 23.3 Å². The highest BCUT2D eigenvalue weighted by molar-refractivity contribution is 9.10. The van der Waals surface area contributed by atoms with Crippen LogP contribution in [0.4, 0.5) is 0 Å². The number of halogens is 1. The number of nitrogens with one attached hydrogen (secondary N) is 1. The SMILES string of the molecule is Brc1cn2c(CNCCCN3CCCC3)cnc2cn1. The van der Waals surface area contributed by atoms with Crippen LogP contribution in [0.25, 0.3) is 5.65 Å². The van der Waals surface area contributed by atoms with E-state index in [4.69, 9.17) is 0 Å². The molecule has 0 aromatic carbocycles. The van der Waals surface area contributed by atoms with E-state index in [9.17, 15) is 0 Å². The van der Waals surface area contributed by atoms with Crippen molar-refractivity contribution in [2.75, 3.05) is 26.2 Å². The topological polar surface area (TPSA) is 45.5 Å². The predicted octanol–water partition coefficient (Wildman–Crippen LogP) is 2.07. The third kappa shape index (κ3) is 3.37. The molecule has 108 valence electrons. The van der Waals surface area contributed by atoms with Crippen molar-refractivity contribution in [2.24, 2.45) is 0 Å². The number of nitrogens with zero attached hydrogens (tertiary/aromatic N) is 4. The Morgan fingerprint density at radius 1 is 1.20 bits per heavy atom. The zero-order valence-corrected chi connectivity index (χ0v) is 13.1. The van der Waals surface area contributed by atoms with Crippen molar-refractivity contribution in [3.8, 4) is 0 Å². The molecule has 0 aliphatic carbocycles. The van der Waals surface area contributed by atoms with Gasteiger partial charge in [0.2, 0.25) is 0 Å². The molecule has 0 amide bonds. The van der Waals surface area contributed by atoms with E-state index in [2.05, 4.69) is 40.5 Å². The van der Waals surface area contributed by atoms with Gasteiger partial charge in [0.1, 0.15) is 4.60 Å². The standard InChI is InChI=1S/C14H20BrN5/c15-13-11-20-12(9-18-14(20)10-17-13)8-16-4-3-7-19-5-1-2-6-19/h9-11,16H,1-8H2. The van der Waals surface area contributed by atoms with E-state index in [0.29, 0.717) is 0 Å². The number of fused-ring (bicyclic) bond motifs is 1. The van der Waals surface area contributed by atoms with Crippen molar-refractivity contribution in [3.63, 3.8) is 0 Å². The Kier molecular flexibility index (Phi) is 4.65. The molecular formula is C14H20BrN5. The zero-order chi connectivity index (χ0) is 13.8. The summed E-state index contributed by atoms with van der Waals surface area (Å²) in [6, 6.07) is 0. The molecular weight excluding hydrogens is 318 g/mol. The smallest absolute Gasteiger partial charge is 0.155 e. The first-order valence-corrected chi connectivity index (χ1v) is 8.03. The molecule has 0 atom stereocenters. The van der Waals surface area contributed by atoms with Crippen molar-refractivity contribution in [2.45, 2.75) is 25.8 Å². The zero-order valence-electron chi connectivity index (χ0n) is 11.6. The molecule has 0 spiro atoms. The lowest BCUT2D eigenvalue weighted by Crippen LogP contribution is -2.24. The van der Waals surface area contributed by atoms with Crippen LogP contribution < -0.4 is 5.32 Å².